The number of carbonyl (C=O) groups excluding carboxylic acids is 1. The molecule has 8 nitrogen and oxygen atoms in total. The highest BCUT2D eigenvalue weighted by Gasteiger charge is 2.20. The number of carbonyl (C=O) groups is 1. The second kappa shape index (κ2) is 10.8. The number of primary amides is 1. The third-order valence-corrected chi connectivity index (χ3v) is 7.78. The highest BCUT2D eigenvalue weighted by atomic mass is 32.2. The molecule has 3 aromatic carbocycles. The Labute approximate surface area is 217 Å². The Bertz CT molecular complexity index is 1500. The molecule has 5 N–H and O–H groups in total. The Morgan fingerprint density at radius 3 is 2.51 bits per heavy atom. The van der Waals surface area contributed by atoms with Crippen LogP contribution in [0.3, 0.4) is 0 Å². The van der Waals surface area contributed by atoms with Gasteiger partial charge in [-0.1, -0.05) is 30.3 Å². The minimum absolute atomic E-state index is 0.174. The fourth-order valence-corrected chi connectivity index (χ4v) is 5.22. The van der Waals surface area contributed by atoms with E-state index in [1.165, 1.54) is 12.1 Å². The number of aliphatic hydroxyl groups excluding tert-OH is 1. The van der Waals surface area contributed by atoms with Crippen molar-refractivity contribution in [2.24, 2.45) is 5.73 Å². The minimum Gasteiger partial charge on any atom is -0.387 e. The molecular weight excluding hydrogens is 488 g/mol. The normalized spacial score (nSPS) is 12.9. The third kappa shape index (κ3) is 6.56. The molecule has 0 aliphatic carbocycles. The zero-order chi connectivity index (χ0) is 26.6. The number of nitrogens with two attached hydrogens (primary N) is 1. The van der Waals surface area contributed by atoms with Crippen molar-refractivity contribution in [2.75, 3.05) is 11.3 Å². The lowest BCUT2D eigenvalue weighted by atomic mass is 9.99. The summed E-state index contributed by atoms with van der Waals surface area (Å²) < 4.78 is 30.0. The predicted octanol–water partition coefficient (Wildman–Crippen LogP) is 4.03. The van der Waals surface area contributed by atoms with Gasteiger partial charge in [0.05, 0.1) is 11.0 Å². The third-order valence-electron chi connectivity index (χ3n) is 6.38. The number of aryl methyl sites for hydroxylation is 1. The van der Waals surface area contributed by atoms with Crippen LogP contribution in [-0.2, 0) is 16.6 Å². The molecule has 0 aliphatic rings. The van der Waals surface area contributed by atoms with Gasteiger partial charge in [0.15, 0.2) is 0 Å². The number of aliphatic hydroxyl groups is 1. The van der Waals surface area contributed by atoms with Gasteiger partial charge in [-0.3, -0.25) is 9.52 Å². The standard InChI is InChI=1S/C28H32N4O4S/c1-28(2,14-16-32-15-13-20-17-22(27(29)34)11-12-25(20)32)30-19-26(33)21-7-6-8-23(18-21)31-37(35,36)24-9-4-3-5-10-24/h3-13,15,17-18,26,30-31,33H,14,16,19H2,1-2H3,(H2,29,34)/t26-/m0/s1. The van der Waals surface area contributed by atoms with Crippen LogP contribution in [0.15, 0.2) is 90.0 Å². The first-order valence-electron chi connectivity index (χ1n) is 12.0. The van der Waals surface area contributed by atoms with E-state index in [1.54, 1.807) is 54.6 Å². The molecule has 0 bridgehead atoms. The molecule has 0 fully saturated rings. The van der Waals surface area contributed by atoms with Crippen LogP contribution in [0, 0.1) is 0 Å². The van der Waals surface area contributed by atoms with Crippen molar-refractivity contribution in [1.82, 2.24) is 9.88 Å². The number of amides is 1. The number of hydrogen-bond donors (Lipinski definition) is 4. The zero-order valence-electron chi connectivity index (χ0n) is 20.9. The van der Waals surface area contributed by atoms with Gasteiger partial charge in [-0.2, -0.15) is 0 Å². The van der Waals surface area contributed by atoms with Crippen LogP contribution in [0.4, 0.5) is 5.69 Å². The SMILES string of the molecule is CC(C)(CCn1ccc2cc(C(N)=O)ccc21)NC[C@H](O)c1cccc(NS(=O)(=O)c2ccccc2)c1. The summed E-state index contributed by atoms with van der Waals surface area (Å²) in [6, 6.07) is 22.3. The molecule has 4 aromatic rings. The number of benzene rings is 3. The first-order valence-corrected chi connectivity index (χ1v) is 13.5. The van der Waals surface area contributed by atoms with E-state index in [2.05, 4.69) is 28.5 Å². The lowest BCUT2D eigenvalue weighted by Crippen LogP contribution is -2.42. The summed E-state index contributed by atoms with van der Waals surface area (Å²) in [5.41, 5.74) is 7.61. The second-order valence-corrected chi connectivity index (χ2v) is 11.4. The quantitative estimate of drug-likeness (QED) is 0.238. The van der Waals surface area contributed by atoms with Gasteiger partial charge >= 0.3 is 0 Å². The molecule has 0 saturated heterocycles. The van der Waals surface area contributed by atoms with Crippen molar-refractivity contribution in [1.29, 1.82) is 0 Å². The monoisotopic (exact) mass is 520 g/mol. The number of rotatable bonds is 11. The number of β-amino-alcohol motifs (C(OH)–C–C–N with tert-alkyl or cyclic N) is 1. The number of nitrogens with one attached hydrogen (secondary N) is 2. The summed E-state index contributed by atoms with van der Waals surface area (Å²) in [4.78, 5) is 11.6. The Morgan fingerprint density at radius 2 is 1.78 bits per heavy atom. The van der Waals surface area contributed by atoms with Gasteiger partial charge in [-0.25, -0.2) is 8.42 Å². The molecule has 1 atom stereocenters. The first kappa shape index (κ1) is 26.4. The van der Waals surface area contributed by atoms with E-state index in [-0.39, 0.29) is 10.4 Å². The van der Waals surface area contributed by atoms with Crippen LogP contribution in [0.1, 0.15) is 42.3 Å². The van der Waals surface area contributed by atoms with Crippen molar-refractivity contribution >= 4 is 32.5 Å². The summed E-state index contributed by atoms with van der Waals surface area (Å²) in [5, 5.41) is 15.2. The van der Waals surface area contributed by atoms with Gasteiger partial charge in [-0.15, -0.1) is 0 Å². The van der Waals surface area contributed by atoms with E-state index < -0.39 is 22.0 Å². The van der Waals surface area contributed by atoms with Crippen molar-refractivity contribution in [3.05, 3.63) is 96.2 Å². The molecule has 37 heavy (non-hydrogen) atoms. The van der Waals surface area contributed by atoms with Crippen LogP contribution < -0.4 is 15.8 Å². The van der Waals surface area contributed by atoms with E-state index in [9.17, 15) is 18.3 Å². The molecule has 1 heterocycles. The maximum atomic E-state index is 12.6. The molecule has 1 amide bonds. The second-order valence-electron chi connectivity index (χ2n) is 9.72. The molecule has 4 rings (SSSR count). The van der Waals surface area contributed by atoms with Crippen LogP contribution >= 0.6 is 0 Å². The summed E-state index contributed by atoms with van der Waals surface area (Å²) in [7, 11) is -3.72. The largest absolute Gasteiger partial charge is 0.387 e. The summed E-state index contributed by atoms with van der Waals surface area (Å²) in [6.45, 7) is 5.19. The molecule has 0 unspecified atom stereocenters. The molecule has 9 heteroatoms. The van der Waals surface area contributed by atoms with Crippen LogP contribution in [0.25, 0.3) is 10.9 Å². The smallest absolute Gasteiger partial charge is 0.261 e. The van der Waals surface area contributed by atoms with E-state index >= 15 is 0 Å². The van der Waals surface area contributed by atoms with Crippen LogP contribution in [0.2, 0.25) is 0 Å². The summed E-state index contributed by atoms with van der Waals surface area (Å²) in [5.74, 6) is -0.447. The van der Waals surface area contributed by atoms with Crippen LogP contribution in [0.5, 0.6) is 0 Å². The zero-order valence-corrected chi connectivity index (χ0v) is 21.7. The molecule has 0 aliphatic heterocycles. The maximum absolute atomic E-state index is 12.6. The summed E-state index contributed by atoms with van der Waals surface area (Å²) >= 11 is 0. The molecule has 0 radical (unpaired) electrons. The number of sulfonamides is 1. The summed E-state index contributed by atoms with van der Waals surface area (Å²) in [6.07, 6.45) is 1.96. The molecule has 1 aromatic heterocycles. The van der Waals surface area contributed by atoms with E-state index in [4.69, 9.17) is 5.73 Å². The maximum Gasteiger partial charge on any atom is 0.261 e. The predicted molar refractivity (Wildman–Crippen MR) is 146 cm³/mol. The van der Waals surface area contributed by atoms with E-state index in [0.29, 0.717) is 23.4 Å². The number of nitrogens with zero attached hydrogens (tertiary/aromatic N) is 1. The number of fused-ring (bicyclic) bond motifs is 1. The highest BCUT2D eigenvalue weighted by molar-refractivity contribution is 7.92. The topological polar surface area (TPSA) is 126 Å². The lowest BCUT2D eigenvalue weighted by molar-refractivity contribution is 0.100. The number of anilines is 1. The Kier molecular flexibility index (Phi) is 7.68. The van der Waals surface area contributed by atoms with Crippen molar-refractivity contribution in [3.8, 4) is 0 Å². The van der Waals surface area contributed by atoms with Gasteiger partial charge in [0.2, 0.25) is 5.91 Å². The molecule has 194 valence electrons. The Hall–Kier alpha value is -3.66. The van der Waals surface area contributed by atoms with Gasteiger partial charge in [-0.05, 0) is 74.4 Å². The molecular formula is C28H32N4O4S. The van der Waals surface area contributed by atoms with E-state index in [1.807, 2.05) is 18.3 Å². The van der Waals surface area contributed by atoms with E-state index in [0.717, 1.165) is 23.9 Å². The van der Waals surface area contributed by atoms with Crippen molar-refractivity contribution in [2.45, 2.75) is 43.4 Å². The highest BCUT2D eigenvalue weighted by Crippen LogP contribution is 2.23. The van der Waals surface area contributed by atoms with Crippen molar-refractivity contribution < 1.29 is 18.3 Å². The average Bonchev–Trinajstić information content (AvgIpc) is 3.29. The molecule has 0 spiro atoms. The fourth-order valence-electron chi connectivity index (χ4n) is 4.15. The van der Waals surface area contributed by atoms with Gasteiger partial charge in [0, 0.05) is 47.0 Å². The van der Waals surface area contributed by atoms with Gasteiger partial charge in [0.1, 0.15) is 0 Å². The van der Waals surface area contributed by atoms with Gasteiger partial charge < -0.3 is 20.7 Å². The molecule has 0 saturated carbocycles. The number of aromatic nitrogens is 1. The first-order chi connectivity index (χ1) is 17.5. The number of hydrogen-bond acceptors (Lipinski definition) is 5. The fraction of sp³-hybridized carbons (Fsp3) is 0.250. The average molecular weight is 521 g/mol. The lowest BCUT2D eigenvalue weighted by Gasteiger charge is -2.28. The minimum atomic E-state index is -3.72. The Balaban J connectivity index is 1.35. The van der Waals surface area contributed by atoms with Crippen LogP contribution in [-0.4, -0.2) is 36.1 Å². The van der Waals surface area contributed by atoms with Crippen molar-refractivity contribution in [3.63, 3.8) is 0 Å². The Morgan fingerprint density at radius 1 is 1.03 bits per heavy atom. The van der Waals surface area contributed by atoms with Gasteiger partial charge in [0.25, 0.3) is 10.0 Å².